The monoisotopic (exact) mass is 382 g/mol. The number of esters is 1. The summed E-state index contributed by atoms with van der Waals surface area (Å²) in [5.41, 5.74) is 1.73. The Morgan fingerprint density at radius 2 is 1.93 bits per heavy atom. The minimum Gasteiger partial charge on any atom is -0.452 e. The molecule has 0 radical (unpaired) electrons. The zero-order valence-electron chi connectivity index (χ0n) is 15.1. The number of carbonyl (C=O) groups is 4. The van der Waals surface area contributed by atoms with Crippen LogP contribution < -0.4 is 5.32 Å². The Bertz CT molecular complexity index is 940. The minimum atomic E-state index is -0.791. The maximum atomic E-state index is 12.4. The molecule has 0 aliphatic carbocycles. The number of nitrogens with zero attached hydrogens (tertiary/aromatic N) is 1. The van der Waals surface area contributed by atoms with Gasteiger partial charge in [-0.2, -0.15) is 0 Å². The van der Waals surface area contributed by atoms with Crippen molar-refractivity contribution in [3.05, 3.63) is 65.2 Å². The Morgan fingerprint density at radius 1 is 1.14 bits per heavy atom. The molecule has 0 spiro atoms. The van der Waals surface area contributed by atoms with Gasteiger partial charge in [-0.15, -0.1) is 0 Å². The SMILES string of the molecule is Cc1cccc(C(=O)Nc2ccccc2C(=O)OCC(=O)N2CCOC2=O)c1. The molecule has 8 heteroatoms. The second-order valence-electron chi connectivity index (χ2n) is 6.11. The Morgan fingerprint density at radius 3 is 2.64 bits per heavy atom. The first-order valence-corrected chi connectivity index (χ1v) is 8.57. The summed E-state index contributed by atoms with van der Waals surface area (Å²) in [5, 5.41) is 2.68. The molecule has 1 aliphatic rings. The normalized spacial score (nSPS) is 13.0. The summed E-state index contributed by atoms with van der Waals surface area (Å²) >= 11 is 0. The van der Waals surface area contributed by atoms with Gasteiger partial charge in [0.1, 0.15) is 6.61 Å². The lowest BCUT2D eigenvalue weighted by atomic mass is 10.1. The van der Waals surface area contributed by atoms with Crippen LogP contribution in [0.5, 0.6) is 0 Å². The van der Waals surface area contributed by atoms with Crippen molar-refractivity contribution >= 4 is 29.6 Å². The average Bonchev–Trinajstić information content (AvgIpc) is 3.12. The molecular weight excluding hydrogens is 364 g/mol. The first-order valence-electron chi connectivity index (χ1n) is 8.57. The van der Waals surface area contributed by atoms with Crippen molar-refractivity contribution < 1.29 is 28.7 Å². The van der Waals surface area contributed by atoms with E-state index in [2.05, 4.69) is 10.1 Å². The molecular formula is C20H18N2O6. The standard InChI is InChI=1S/C20H18N2O6/c1-13-5-4-6-14(11-13)18(24)21-16-8-3-2-7-15(16)19(25)28-12-17(23)22-9-10-27-20(22)26/h2-8,11H,9-10,12H2,1H3,(H,21,24). The number of nitrogens with one attached hydrogen (secondary N) is 1. The van der Waals surface area contributed by atoms with E-state index >= 15 is 0 Å². The van der Waals surface area contributed by atoms with Crippen molar-refractivity contribution in [3.8, 4) is 0 Å². The number of cyclic esters (lactones) is 1. The fourth-order valence-electron chi connectivity index (χ4n) is 2.65. The second-order valence-corrected chi connectivity index (χ2v) is 6.11. The van der Waals surface area contributed by atoms with E-state index in [1.807, 2.05) is 13.0 Å². The molecule has 3 rings (SSSR count). The number of benzene rings is 2. The molecule has 1 saturated heterocycles. The van der Waals surface area contributed by atoms with E-state index in [-0.39, 0.29) is 30.3 Å². The van der Waals surface area contributed by atoms with Crippen molar-refractivity contribution in [2.75, 3.05) is 25.1 Å². The largest absolute Gasteiger partial charge is 0.452 e. The van der Waals surface area contributed by atoms with E-state index in [1.165, 1.54) is 6.07 Å². The van der Waals surface area contributed by atoms with Crippen molar-refractivity contribution in [3.63, 3.8) is 0 Å². The first kappa shape index (κ1) is 19.1. The molecule has 0 bridgehead atoms. The number of anilines is 1. The fraction of sp³-hybridized carbons (Fsp3) is 0.200. The summed E-state index contributed by atoms with van der Waals surface area (Å²) in [6, 6.07) is 13.3. The third-order valence-electron chi connectivity index (χ3n) is 4.06. The molecule has 0 atom stereocenters. The molecule has 1 aliphatic heterocycles. The van der Waals surface area contributed by atoms with Gasteiger partial charge in [-0.05, 0) is 31.2 Å². The molecule has 1 heterocycles. The van der Waals surface area contributed by atoms with Crippen molar-refractivity contribution in [1.29, 1.82) is 0 Å². The topological polar surface area (TPSA) is 102 Å². The molecule has 2 aromatic rings. The van der Waals surface area contributed by atoms with Gasteiger partial charge in [0, 0.05) is 5.56 Å². The van der Waals surface area contributed by atoms with Crippen LogP contribution in [-0.4, -0.2) is 48.5 Å². The van der Waals surface area contributed by atoms with E-state index in [4.69, 9.17) is 4.74 Å². The quantitative estimate of drug-likeness (QED) is 0.797. The number of para-hydroxylation sites is 1. The number of imide groups is 1. The molecule has 8 nitrogen and oxygen atoms in total. The highest BCUT2D eigenvalue weighted by Crippen LogP contribution is 2.18. The minimum absolute atomic E-state index is 0.0975. The molecule has 0 saturated carbocycles. The van der Waals surface area contributed by atoms with Crippen LogP contribution in [0.15, 0.2) is 48.5 Å². The van der Waals surface area contributed by atoms with Crippen LogP contribution in [-0.2, 0) is 14.3 Å². The van der Waals surface area contributed by atoms with Gasteiger partial charge in [0.2, 0.25) is 0 Å². The number of amides is 3. The smallest absolute Gasteiger partial charge is 0.416 e. The van der Waals surface area contributed by atoms with Gasteiger partial charge in [0.05, 0.1) is 17.8 Å². The maximum Gasteiger partial charge on any atom is 0.416 e. The van der Waals surface area contributed by atoms with E-state index in [9.17, 15) is 19.2 Å². The van der Waals surface area contributed by atoms with Crippen molar-refractivity contribution in [2.45, 2.75) is 6.92 Å². The number of carbonyl (C=O) groups excluding carboxylic acids is 4. The van der Waals surface area contributed by atoms with Crippen LogP contribution in [0.1, 0.15) is 26.3 Å². The molecule has 0 aromatic heterocycles. The summed E-state index contributed by atoms with van der Waals surface area (Å²) < 4.78 is 9.68. The number of hydrogen-bond acceptors (Lipinski definition) is 6. The Kier molecular flexibility index (Phi) is 5.69. The number of aryl methyl sites for hydroxylation is 1. The summed E-state index contributed by atoms with van der Waals surface area (Å²) in [6.45, 7) is 1.51. The van der Waals surface area contributed by atoms with Crippen LogP contribution in [0.3, 0.4) is 0 Å². The number of rotatable bonds is 5. The maximum absolute atomic E-state index is 12.4. The fourth-order valence-corrected chi connectivity index (χ4v) is 2.65. The van der Waals surface area contributed by atoms with Crippen LogP contribution in [0.2, 0.25) is 0 Å². The summed E-state index contributed by atoms with van der Waals surface area (Å²) in [5.74, 6) is -1.84. The summed E-state index contributed by atoms with van der Waals surface area (Å²) in [4.78, 5) is 49.0. The molecule has 3 amide bonds. The highest BCUT2D eigenvalue weighted by atomic mass is 16.6. The van der Waals surface area contributed by atoms with E-state index in [0.717, 1.165) is 10.5 Å². The van der Waals surface area contributed by atoms with Gasteiger partial charge in [0.25, 0.3) is 11.8 Å². The van der Waals surface area contributed by atoms with Crippen molar-refractivity contribution in [2.24, 2.45) is 0 Å². The van der Waals surface area contributed by atoms with Gasteiger partial charge in [-0.1, -0.05) is 29.8 Å². The zero-order valence-corrected chi connectivity index (χ0v) is 15.1. The van der Waals surface area contributed by atoms with E-state index < -0.39 is 24.6 Å². The Balaban J connectivity index is 1.67. The third-order valence-corrected chi connectivity index (χ3v) is 4.06. The van der Waals surface area contributed by atoms with Gasteiger partial charge in [-0.25, -0.2) is 14.5 Å². The van der Waals surface area contributed by atoms with Crippen molar-refractivity contribution in [1.82, 2.24) is 4.90 Å². The van der Waals surface area contributed by atoms with Gasteiger partial charge in [-0.3, -0.25) is 9.59 Å². The molecule has 1 fully saturated rings. The highest BCUT2D eigenvalue weighted by molar-refractivity contribution is 6.08. The van der Waals surface area contributed by atoms with Crippen LogP contribution >= 0.6 is 0 Å². The van der Waals surface area contributed by atoms with E-state index in [0.29, 0.717) is 5.56 Å². The molecule has 144 valence electrons. The Labute approximate surface area is 161 Å². The molecule has 28 heavy (non-hydrogen) atoms. The predicted molar refractivity (Wildman–Crippen MR) is 98.9 cm³/mol. The Hall–Kier alpha value is -3.68. The molecule has 2 aromatic carbocycles. The highest BCUT2D eigenvalue weighted by Gasteiger charge is 2.29. The average molecular weight is 382 g/mol. The zero-order chi connectivity index (χ0) is 20.1. The lowest BCUT2D eigenvalue weighted by Gasteiger charge is -2.13. The molecule has 1 N–H and O–H groups in total. The van der Waals surface area contributed by atoms with Crippen LogP contribution in [0.25, 0.3) is 0 Å². The number of ether oxygens (including phenoxy) is 2. The lowest BCUT2D eigenvalue weighted by Crippen LogP contribution is -2.35. The van der Waals surface area contributed by atoms with Gasteiger partial charge < -0.3 is 14.8 Å². The third kappa shape index (κ3) is 4.35. The lowest BCUT2D eigenvalue weighted by molar-refractivity contribution is -0.131. The first-order chi connectivity index (χ1) is 13.5. The number of hydrogen-bond donors (Lipinski definition) is 1. The predicted octanol–water partition coefficient (Wildman–Crippen LogP) is 2.38. The van der Waals surface area contributed by atoms with Crippen LogP contribution in [0, 0.1) is 6.92 Å². The second kappa shape index (κ2) is 8.34. The molecule has 0 unspecified atom stereocenters. The van der Waals surface area contributed by atoms with Gasteiger partial charge >= 0.3 is 12.1 Å². The summed E-state index contributed by atoms with van der Waals surface area (Å²) in [6.07, 6.45) is -0.758. The van der Waals surface area contributed by atoms with E-state index in [1.54, 1.807) is 36.4 Å². The summed E-state index contributed by atoms with van der Waals surface area (Å²) in [7, 11) is 0. The van der Waals surface area contributed by atoms with Crippen LogP contribution in [0.4, 0.5) is 10.5 Å². The van der Waals surface area contributed by atoms with Gasteiger partial charge in [0.15, 0.2) is 6.61 Å².